The molecule has 0 saturated carbocycles. The summed E-state index contributed by atoms with van der Waals surface area (Å²) in [4.78, 5) is 29.5. The molecule has 28 heavy (non-hydrogen) atoms. The standard InChI is InChI=1S/C19H22ClIN4O3/c1-19(2,3)24(18(27)28)7-5-12-10-23-17(26)14-9-13(16(21)25(12)14)11-4-6-22-15(20)8-11/h4,6,8-9,12H,5,7,10H2,1-3H3,(H,23,26)(H,27,28). The molecule has 1 unspecified atom stereocenters. The smallest absolute Gasteiger partial charge is 0.407 e. The van der Waals surface area contributed by atoms with E-state index >= 15 is 0 Å². The molecule has 1 aliphatic rings. The van der Waals surface area contributed by atoms with E-state index in [1.54, 1.807) is 12.3 Å². The summed E-state index contributed by atoms with van der Waals surface area (Å²) in [6.45, 7) is 6.47. The van der Waals surface area contributed by atoms with Gasteiger partial charge in [0.1, 0.15) is 10.8 Å². The van der Waals surface area contributed by atoms with E-state index in [-0.39, 0.29) is 11.9 Å². The van der Waals surface area contributed by atoms with Gasteiger partial charge in [-0.15, -0.1) is 0 Å². The summed E-state index contributed by atoms with van der Waals surface area (Å²) in [6, 6.07) is 5.45. The zero-order valence-electron chi connectivity index (χ0n) is 15.9. The number of pyridine rings is 1. The minimum Gasteiger partial charge on any atom is -0.465 e. The number of fused-ring (bicyclic) bond motifs is 1. The maximum Gasteiger partial charge on any atom is 0.407 e. The van der Waals surface area contributed by atoms with Gasteiger partial charge in [0.15, 0.2) is 0 Å². The summed E-state index contributed by atoms with van der Waals surface area (Å²) in [5, 5.41) is 12.8. The van der Waals surface area contributed by atoms with Crippen molar-refractivity contribution in [2.75, 3.05) is 13.1 Å². The van der Waals surface area contributed by atoms with Crippen LogP contribution in [0.25, 0.3) is 11.1 Å². The van der Waals surface area contributed by atoms with Gasteiger partial charge in [-0.25, -0.2) is 9.78 Å². The van der Waals surface area contributed by atoms with Crippen molar-refractivity contribution in [3.05, 3.63) is 38.9 Å². The maximum absolute atomic E-state index is 12.4. The molecule has 2 aromatic rings. The Bertz CT molecular complexity index is 922. The molecule has 0 saturated heterocycles. The van der Waals surface area contributed by atoms with E-state index in [2.05, 4.69) is 32.9 Å². The highest BCUT2D eigenvalue weighted by atomic mass is 127. The van der Waals surface area contributed by atoms with Crippen LogP contribution < -0.4 is 5.32 Å². The molecule has 0 aromatic carbocycles. The van der Waals surface area contributed by atoms with Crippen LogP contribution in [-0.4, -0.2) is 50.2 Å². The average Bonchev–Trinajstić information content (AvgIpc) is 2.94. The number of halogens is 2. The molecule has 3 rings (SSSR count). The van der Waals surface area contributed by atoms with Gasteiger partial charge in [-0.1, -0.05) is 11.6 Å². The van der Waals surface area contributed by atoms with Gasteiger partial charge >= 0.3 is 6.09 Å². The zero-order valence-corrected chi connectivity index (χ0v) is 18.8. The molecule has 0 fully saturated rings. The summed E-state index contributed by atoms with van der Waals surface area (Å²) in [5.41, 5.74) is 1.88. The van der Waals surface area contributed by atoms with Crippen molar-refractivity contribution < 1.29 is 14.7 Å². The largest absolute Gasteiger partial charge is 0.465 e. The van der Waals surface area contributed by atoms with Gasteiger partial charge in [-0.05, 0) is 73.5 Å². The topological polar surface area (TPSA) is 87.5 Å². The Kier molecular flexibility index (Phi) is 5.90. The van der Waals surface area contributed by atoms with Gasteiger partial charge < -0.3 is 19.9 Å². The molecule has 9 heteroatoms. The number of carbonyl (C=O) groups is 2. The number of aromatic nitrogens is 2. The molecule has 2 aromatic heterocycles. The predicted octanol–water partition coefficient (Wildman–Crippen LogP) is 4.26. The van der Waals surface area contributed by atoms with Crippen molar-refractivity contribution in [1.29, 1.82) is 0 Å². The van der Waals surface area contributed by atoms with Gasteiger partial charge in [-0.2, -0.15) is 0 Å². The molecule has 2 amide bonds. The first-order valence-electron chi connectivity index (χ1n) is 8.91. The van der Waals surface area contributed by atoms with E-state index in [0.29, 0.717) is 30.4 Å². The van der Waals surface area contributed by atoms with Crippen LogP contribution in [0.5, 0.6) is 0 Å². The lowest BCUT2D eigenvalue weighted by Crippen LogP contribution is -2.47. The maximum atomic E-state index is 12.4. The first kappa shape index (κ1) is 20.9. The fourth-order valence-electron chi connectivity index (χ4n) is 3.43. The fourth-order valence-corrected chi connectivity index (χ4v) is 4.72. The van der Waals surface area contributed by atoms with Gasteiger partial charge in [0.25, 0.3) is 5.91 Å². The molecule has 3 heterocycles. The normalized spacial score (nSPS) is 16.5. The van der Waals surface area contributed by atoms with Gasteiger partial charge in [0.05, 0.1) is 9.74 Å². The minimum absolute atomic E-state index is 0.0325. The van der Waals surface area contributed by atoms with E-state index in [1.807, 2.05) is 37.5 Å². The number of nitrogens with one attached hydrogen (secondary N) is 1. The molecular formula is C19H22ClIN4O3. The zero-order chi connectivity index (χ0) is 20.6. The van der Waals surface area contributed by atoms with Gasteiger partial charge in [0, 0.05) is 30.4 Å². The molecule has 150 valence electrons. The lowest BCUT2D eigenvalue weighted by Gasteiger charge is -2.35. The Balaban J connectivity index is 1.93. The number of amides is 2. The number of hydrogen-bond donors (Lipinski definition) is 2. The van der Waals surface area contributed by atoms with Crippen molar-refractivity contribution in [2.24, 2.45) is 0 Å². The second-order valence-electron chi connectivity index (χ2n) is 7.73. The highest BCUT2D eigenvalue weighted by molar-refractivity contribution is 14.1. The lowest BCUT2D eigenvalue weighted by molar-refractivity contribution is 0.0865. The highest BCUT2D eigenvalue weighted by Crippen LogP contribution is 2.34. The van der Waals surface area contributed by atoms with Gasteiger partial charge in [0.2, 0.25) is 0 Å². The van der Waals surface area contributed by atoms with E-state index < -0.39 is 11.6 Å². The Morgan fingerprint density at radius 1 is 1.46 bits per heavy atom. The van der Waals surface area contributed by atoms with Gasteiger partial charge in [-0.3, -0.25) is 4.79 Å². The van der Waals surface area contributed by atoms with Crippen LogP contribution in [0.2, 0.25) is 5.15 Å². The third kappa shape index (κ3) is 4.12. The SMILES string of the molecule is CC(C)(C)N(CCC1CNC(=O)c2cc(-c3ccnc(Cl)c3)c(I)n21)C(=O)O. The van der Waals surface area contributed by atoms with Crippen molar-refractivity contribution in [3.63, 3.8) is 0 Å². The van der Waals surface area contributed by atoms with Crippen LogP contribution >= 0.6 is 34.2 Å². The number of nitrogens with zero attached hydrogens (tertiary/aromatic N) is 3. The predicted molar refractivity (Wildman–Crippen MR) is 116 cm³/mol. The second-order valence-corrected chi connectivity index (χ2v) is 9.14. The molecule has 1 atom stereocenters. The number of carboxylic acid groups (broad SMARTS) is 1. The van der Waals surface area contributed by atoms with Crippen LogP contribution in [0, 0.1) is 3.70 Å². The van der Waals surface area contributed by atoms with Crippen molar-refractivity contribution in [1.82, 2.24) is 19.8 Å². The Morgan fingerprint density at radius 3 is 2.79 bits per heavy atom. The Morgan fingerprint density at radius 2 is 2.18 bits per heavy atom. The minimum atomic E-state index is -0.943. The molecule has 0 bridgehead atoms. The number of rotatable bonds is 4. The van der Waals surface area contributed by atoms with E-state index in [4.69, 9.17) is 11.6 Å². The molecule has 2 N–H and O–H groups in total. The molecule has 7 nitrogen and oxygen atoms in total. The summed E-state index contributed by atoms with van der Waals surface area (Å²) >= 11 is 8.26. The van der Waals surface area contributed by atoms with Crippen molar-refractivity contribution in [3.8, 4) is 11.1 Å². The average molecular weight is 517 g/mol. The molecule has 0 aliphatic carbocycles. The first-order valence-corrected chi connectivity index (χ1v) is 10.4. The third-order valence-corrected chi connectivity index (χ3v) is 6.14. The van der Waals surface area contributed by atoms with Crippen LogP contribution in [0.4, 0.5) is 4.79 Å². The second kappa shape index (κ2) is 7.90. The number of hydrogen-bond acceptors (Lipinski definition) is 3. The lowest BCUT2D eigenvalue weighted by atomic mass is 10.0. The monoisotopic (exact) mass is 516 g/mol. The van der Waals surface area contributed by atoms with E-state index in [1.165, 1.54) is 4.90 Å². The summed E-state index contributed by atoms with van der Waals surface area (Å²) in [5.74, 6) is -0.133. The van der Waals surface area contributed by atoms with Crippen LogP contribution in [0.1, 0.15) is 43.7 Å². The molecule has 0 radical (unpaired) electrons. The van der Waals surface area contributed by atoms with Crippen molar-refractivity contribution in [2.45, 2.75) is 38.8 Å². The van der Waals surface area contributed by atoms with Crippen LogP contribution in [0.15, 0.2) is 24.4 Å². The van der Waals surface area contributed by atoms with Crippen molar-refractivity contribution >= 4 is 46.2 Å². The fraction of sp³-hybridized carbons (Fsp3) is 0.421. The quantitative estimate of drug-likeness (QED) is 0.470. The third-order valence-electron chi connectivity index (χ3n) is 4.83. The summed E-state index contributed by atoms with van der Waals surface area (Å²) in [7, 11) is 0. The number of carbonyl (C=O) groups excluding carboxylic acids is 1. The molecular weight excluding hydrogens is 495 g/mol. The van der Waals surface area contributed by atoms with E-state index in [0.717, 1.165) is 14.8 Å². The summed E-state index contributed by atoms with van der Waals surface area (Å²) < 4.78 is 2.93. The Hall–Kier alpha value is -1.81. The first-order chi connectivity index (χ1) is 13.1. The Labute approximate surface area is 182 Å². The van der Waals surface area contributed by atoms with E-state index in [9.17, 15) is 14.7 Å². The summed E-state index contributed by atoms with van der Waals surface area (Å²) in [6.07, 6.45) is 1.29. The van der Waals surface area contributed by atoms with Crippen LogP contribution in [-0.2, 0) is 0 Å². The van der Waals surface area contributed by atoms with Crippen LogP contribution in [0.3, 0.4) is 0 Å². The molecule has 1 aliphatic heterocycles. The highest BCUT2D eigenvalue weighted by Gasteiger charge is 2.32. The molecule has 0 spiro atoms.